The maximum atomic E-state index is 11.8. The number of rotatable bonds is 2. The highest BCUT2D eigenvalue weighted by molar-refractivity contribution is 7.92. The zero-order chi connectivity index (χ0) is 10.9. The Morgan fingerprint density at radius 1 is 1.36 bits per heavy atom. The number of sulfone groups is 1. The first-order valence-corrected chi connectivity index (χ1v) is 6.07. The minimum absolute atomic E-state index is 0.0386. The second-order valence-corrected chi connectivity index (χ2v) is 6.10. The molecule has 0 aliphatic rings. The van der Waals surface area contributed by atoms with E-state index in [0.29, 0.717) is 0 Å². The quantitative estimate of drug-likeness (QED) is 0.796. The summed E-state index contributed by atoms with van der Waals surface area (Å²) in [7, 11) is -3.40. The van der Waals surface area contributed by atoms with Crippen molar-refractivity contribution in [2.75, 3.05) is 5.73 Å². The van der Waals surface area contributed by atoms with Crippen LogP contribution >= 0.6 is 11.6 Å². The van der Waals surface area contributed by atoms with Crippen LogP contribution in [0.2, 0.25) is 5.02 Å². The molecule has 14 heavy (non-hydrogen) atoms. The van der Waals surface area contributed by atoms with Gasteiger partial charge in [-0.05, 0) is 26.0 Å². The van der Waals surface area contributed by atoms with Gasteiger partial charge in [-0.2, -0.15) is 0 Å². The van der Waals surface area contributed by atoms with Crippen molar-refractivity contribution in [2.24, 2.45) is 0 Å². The van der Waals surface area contributed by atoms with E-state index in [1.165, 1.54) is 12.1 Å². The van der Waals surface area contributed by atoms with Crippen molar-refractivity contribution in [3.8, 4) is 0 Å². The summed E-state index contributed by atoms with van der Waals surface area (Å²) >= 11 is 5.80. The number of hydrogen-bond donors (Lipinski definition) is 1. The molecule has 0 saturated heterocycles. The third kappa shape index (κ3) is 1.86. The van der Waals surface area contributed by atoms with Crippen LogP contribution < -0.4 is 5.73 Å². The third-order valence-electron chi connectivity index (χ3n) is 1.90. The molecule has 3 nitrogen and oxygen atoms in total. The summed E-state index contributed by atoms with van der Waals surface area (Å²) in [6, 6.07) is 4.67. The van der Waals surface area contributed by atoms with Gasteiger partial charge in [0.15, 0.2) is 9.84 Å². The van der Waals surface area contributed by atoms with E-state index in [0.717, 1.165) is 0 Å². The van der Waals surface area contributed by atoms with Crippen LogP contribution in [0.5, 0.6) is 0 Å². The monoisotopic (exact) mass is 233 g/mol. The predicted octanol–water partition coefficient (Wildman–Crippen LogP) is 2.10. The molecule has 1 aromatic carbocycles. The largest absolute Gasteiger partial charge is 0.398 e. The van der Waals surface area contributed by atoms with E-state index >= 15 is 0 Å². The van der Waals surface area contributed by atoms with Gasteiger partial charge in [0.2, 0.25) is 0 Å². The number of nitrogen functional groups attached to an aromatic ring is 1. The van der Waals surface area contributed by atoms with Crippen LogP contribution in [0.15, 0.2) is 23.1 Å². The Morgan fingerprint density at radius 2 is 1.93 bits per heavy atom. The van der Waals surface area contributed by atoms with Crippen molar-refractivity contribution in [2.45, 2.75) is 24.0 Å². The van der Waals surface area contributed by atoms with E-state index in [4.69, 9.17) is 17.3 Å². The van der Waals surface area contributed by atoms with Crippen molar-refractivity contribution < 1.29 is 8.42 Å². The van der Waals surface area contributed by atoms with E-state index in [1.54, 1.807) is 19.9 Å². The standard InChI is InChI=1S/C9H12ClNO2S/c1-6(2)14(12,13)9-7(10)4-3-5-8(9)11/h3-6H,11H2,1-2H3. The highest BCUT2D eigenvalue weighted by atomic mass is 35.5. The van der Waals surface area contributed by atoms with Gasteiger partial charge in [0, 0.05) is 0 Å². The molecular weight excluding hydrogens is 222 g/mol. The van der Waals surface area contributed by atoms with Gasteiger partial charge in [-0.1, -0.05) is 17.7 Å². The van der Waals surface area contributed by atoms with Gasteiger partial charge in [-0.25, -0.2) is 8.42 Å². The predicted molar refractivity (Wildman–Crippen MR) is 58.2 cm³/mol. The van der Waals surface area contributed by atoms with E-state index in [2.05, 4.69) is 0 Å². The van der Waals surface area contributed by atoms with Crippen LogP contribution in [-0.2, 0) is 9.84 Å². The molecular formula is C9H12ClNO2S. The summed E-state index contributed by atoms with van der Waals surface area (Å²) in [6.45, 7) is 3.19. The van der Waals surface area contributed by atoms with E-state index in [9.17, 15) is 8.42 Å². The molecule has 0 aliphatic heterocycles. The molecule has 0 radical (unpaired) electrons. The van der Waals surface area contributed by atoms with E-state index in [1.807, 2.05) is 0 Å². The van der Waals surface area contributed by atoms with Crippen molar-refractivity contribution in [1.82, 2.24) is 0 Å². The fourth-order valence-corrected chi connectivity index (χ4v) is 2.77. The molecule has 0 atom stereocenters. The molecule has 0 aromatic heterocycles. The van der Waals surface area contributed by atoms with Gasteiger partial charge in [-0.15, -0.1) is 0 Å². The van der Waals surface area contributed by atoms with Gasteiger partial charge in [0.25, 0.3) is 0 Å². The van der Waals surface area contributed by atoms with Gasteiger partial charge in [-0.3, -0.25) is 0 Å². The molecule has 0 amide bonds. The smallest absolute Gasteiger partial charge is 0.184 e. The van der Waals surface area contributed by atoms with Crippen molar-refractivity contribution in [3.05, 3.63) is 23.2 Å². The average Bonchev–Trinajstić information content (AvgIpc) is 2.02. The highest BCUT2D eigenvalue weighted by Gasteiger charge is 2.24. The first-order chi connectivity index (χ1) is 6.37. The number of benzene rings is 1. The Balaban J connectivity index is 3.48. The lowest BCUT2D eigenvalue weighted by Gasteiger charge is -2.11. The molecule has 2 N–H and O–H groups in total. The number of hydrogen-bond acceptors (Lipinski definition) is 3. The summed E-state index contributed by atoms with van der Waals surface area (Å²) in [5.74, 6) is 0. The third-order valence-corrected chi connectivity index (χ3v) is 4.60. The van der Waals surface area contributed by atoms with Crippen LogP contribution in [0.25, 0.3) is 0 Å². The molecule has 0 heterocycles. The van der Waals surface area contributed by atoms with Gasteiger partial charge in [0.1, 0.15) is 4.90 Å². The summed E-state index contributed by atoms with van der Waals surface area (Å²) in [6.07, 6.45) is 0. The Kier molecular flexibility index (Phi) is 3.07. The SMILES string of the molecule is CC(C)S(=O)(=O)c1c(N)cccc1Cl. The topological polar surface area (TPSA) is 60.2 Å². The Hall–Kier alpha value is -0.740. The van der Waals surface area contributed by atoms with Crippen LogP contribution in [0, 0.1) is 0 Å². The summed E-state index contributed by atoms with van der Waals surface area (Å²) < 4.78 is 23.6. The minimum atomic E-state index is -3.40. The van der Waals surface area contributed by atoms with E-state index in [-0.39, 0.29) is 15.6 Å². The highest BCUT2D eigenvalue weighted by Crippen LogP contribution is 2.29. The number of halogens is 1. The van der Waals surface area contributed by atoms with E-state index < -0.39 is 15.1 Å². The summed E-state index contributed by atoms with van der Waals surface area (Å²) in [5.41, 5.74) is 5.78. The number of nitrogens with two attached hydrogens (primary N) is 1. The van der Waals surface area contributed by atoms with Gasteiger partial charge in [0.05, 0.1) is 16.0 Å². The van der Waals surface area contributed by atoms with Crippen LogP contribution in [0.3, 0.4) is 0 Å². The molecule has 0 saturated carbocycles. The Labute approximate surface area is 88.8 Å². The Morgan fingerprint density at radius 3 is 2.36 bits per heavy atom. The Bertz CT molecular complexity index is 420. The summed E-state index contributed by atoms with van der Waals surface area (Å²) in [5, 5.41) is -0.344. The van der Waals surface area contributed by atoms with Gasteiger partial charge >= 0.3 is 0 Å². The van der Waals surface area contributed by atoms with Crippen LogP contribution in [0.4, 0.5) is 5.69 Å². The molecule has 0 fully saturated rings. The maximum absolute atomic E-state index is 11.8. The minimum Gasteiger partial charge on any atom is -0.398 e. The van der Waals surface area contributed by atoms with Crippen molar-refractivity contribution in [1.29, 1.82) is 0 Å². The van der Waals surface area contributed by atoms with Crippen LogP contribution in [0.1, 0.15) is 13.8 Å². The second-order valence-electron chi connectivity index (χ2n) is 3.25. The molecule has 5 heteroatoms. The molecule has 0 spiro atoms. The fraction of sp³-hybridized carbons (Fsp3) is 0.333. The van der Waals surface area contributed by atoms with Crippen LogP contribution in [-0.4, -0.2) is 13.7 Å². The first kappa shape index (κ1) is 11.3. The molecule has 0 aliphatic carbocycles. The maximum Gasteiger partial charge on any atom is 0.184 e. The average molecular weight is 234 g/mol. The number of anilines is 1. The zero-order valence-electron chi connectivity index (χ0n) is 7.99. The molecule has 0 unspecified atom stereocenters. The van der Waals surface area contributed by atoms with Crippen molar-refractivity contribution >= 4 is 27.1 Å². The first-order valence-electron chi connectivity index (χ1n) is 4.15. The molecule has 1 rings (SSSR count). The second kappa shape index (κ2) is 3.79. The normalized spacial score (nSPS) is 12.0. The molecule has 78 valence electrons. The van der Waals surface area contributed by atoms with Crippen molar-refractivity contribution in [3.63, 3.8) is 0 Å². The molecule has 0 bridgehead atoms. The zero-order valence-corrected chi connectivity index (χ0v) is 9.56. The molecule has 1 aromatic rings. The lowest BCUT2D eigenvalue weighted by atomic mass is 10.3. The lowest BCUT2D eigenvalue weighted by Crippen LogP contribution is -2.16. The lowest BCUT2D eigenvalue weighted by molar-refractivity contribution is 0.588. The summed E-state index contributed by atoms with van der Waals surface area (Å²) in [4.78, 5) is 0.0386. The van der Waals surface area contributed by atoms with Gasteiger partial charge < -0.3 is 5.73 Å². The fourth-order valence-electron chi connectivity index (χ4n) is 1.06.